The van der Waals surface area contributed by atoms with Gasteiger partial charge in [-0.1, -0.05) is 29.8 Å². The van der Waals surface area contributed by atoms with E-state index in [4.69, 9.17) is 11.6 Å². The molecule has 0 N–H and O–H groups in total. The fraction of sp³-hybridized carbons (Fsp3) is 0.467. The quantitative estimate of drug-likeness (QED) is 0.727. The predicted octanol–water partition coefficient (Wildman–Crippen LogP) is 2.68. The Balaban J connectivity index is 2.47. The molecule has 0 bridgehead atoms. The Labute approximate surface area is 124 Å². The van der Waals surface area contributed by atoms with Crippen LogP contribution in [0.15, 0.2) is 24.3 Å². The predicted molar refractivity (Wildman–Crippen MR) is 78.7 cm³/mol. The summed E-state index contributed by atoms with van der Waals surface area (Å²) in [6.45, 7) is 2.87. The second-order valence-electron chi connectivity index (χ2n) is 4.39. The van der Waals surface area contributed by atoms with E-state index in [2.05, 4.69) is 4.74 Å². The van der Waals surface area contributed by atoms with Crippen LogP contribution in [0.3, 0.4) is 0 Å². The van der Waals surface area contributed by atoms with Crippen molar-refractivity contribution in [2.75, 3.05) is 20.2 Å². The molecule has 0 fully saturated rings. The van der Waals surface area contributed by atoms with Crippen LogP contribution >= 0.6 is 11.6 Å². The Kier molecular flexibility index (Phi) is 7.09. The average molecular weight is 298 g/mol. The summed E-state index contributed by atoms with van der Waals surface area (Å²) in [5.74, 6) is -0.279. The standard InChI is InChI=1S/C15H20ClNO3/c1-3-17(11-10-15(19)20-2)14(18)9-8-12-6-4-5-7-13(12)16/h4-7H,3,8-11H2,1-2H3. The van der Waals surface area contributed by atoms with Crippen LogP contribution < -0.4 is 0 Å². The highest BCUT2D eigenvalue weighted by molar-refractivity contribution is 6.31. The number of amides is 1. The van der Waals surface area contributed by atoms with E-state index >= 15 is 0 Å². The van der Waals surface area contributed by atoms with E-state index in [0.717, 1.165) is 5.56 Å². The van der Waals surface area contributed by atoms with Gasteiger partial charge in [0.05, 0.1) is 13.5 Å². The van der Waals surface area contributed by atoms with Gasteiger partial charge in [-0.05, 0) is 25.0 Å². The molecule has 1 rings (SSSR count). The van der Waals surface area contributed by atoms with Crippen molar-refractivity contribution in [2.45, 2.75) is 26.2 Å². The largest absolute Gasteiger partial charge is 0.469 e. The fourth-order valence-corrected chi connectivity index (χ4v) is 2.12. The van der Waals surface area contributed by atoms with Crippen molar-refractivity contribution in [3.8, 4) is 0 Å². The number of hydrogen-bond donors (Lipinski definition) is 0. The molecule has 0 saturated heterocycles. The van der Waals surface area contributed by atoms with Crippen LogP contribution in [0.4, 0.5) is 0 Å². The van der Waals surface area contributed by atoms with E-state index in [1.165, 1.54) is 7.11 Å². The SMILES string of the molecule is CCN(CCC(=O)OC)C(=O)CCc1ccccc1Cl. The monoisotopic (exact) mass is 297 g/mol. The summed E-state index contributed by atoms with van der Waals surface area (Å²) >= 11 is 6.06. The minimum atomic E-state index is -0.303. The van der Waals surface area contributed by atoms with Gasteiger partial charge in [-0.15, -0.1) is 0 Å². The van der Waals surface area contributed by atoms with E-state index in [9.17, 15) is 9.59 Å². The Morgan fingerprint density at radius 1 is 1.25 bits per heavy atom. The minimum absolute atomic E-state index is 0.0244. The molecule has 110 valence electrons. The average Bonchev–Trinajstić information content (AvgIpc) is 2.46. The maximum atomic E-state index is 12.1. The van der Waals surface area contributed by atoms with Crippen LogP contribution in [-0.2, 0) is 20.7 Å². The molecule has 0 aromatic heterocycles. The zero-order valence-corrected chi connectivity index (χ0v) is 12.7. The fourth-order valence-electron chi connectivity index (χ4n) is 1.89. The van der Waals surface area contributed by atoms with E-state index in [1.54, 1.807) is 4.90 Å². The lowest BCUT2D eigenvalue weighted by molar-refractivity contribution is -0.141. The lowest BCUT2D eigenvalue weighted by Crippen LogP contribution is -2.33. The molecule has 0 spiro atoms. The molecule has 0 unspecified atom stereocenters. The maximum absolute atomic E-state index is 12.1. The van der Waals surface area contributed by atoms with Crippen LogP contribution in [-0.4, -0.2) is 37.0 Å². The van der Waals surface area contributed by atoms with E-state index < -0.39 is 0 Å². The van der Waals surface area contributed by atoms with Gasteiger partial charge in [-0.2, -0.15) is 0 Å². The summed E-state index contributed by atoms with van der Waals surface area (Å²) in [6.07, 6.45) is 1.22. The molecule has 0 atom stereocenters. The number of esters is 1. The van der Waals surface area contributed by atoms with Gasteiger partial charge in [0.15, 0.2) is 0 Å². The highest BCUT2D eigenvalue weighted by atomic mass is 35.5. The molecule has 0 aliphatic heterocycles. The van der Waals surface area contributed by atoms with E-state index in [1.807, 2.05) is 31.2 Å². The van der Waals surface area contributed by atoms with Gasteiger partial charge in [-0.25, -0.2) is 0 Å². The molecule has 1 aromatic carbocycles. The molecule has 0 heterocycles. The second kappa shape index (κ2) is 8.59. The molecule has 0 saturated carbocycles. The number of aryl methyl sites for hydroxylation is 1. The third-order valence-corrected chi connectivity index (χ3v) is 3.48. The van der Waals surface area contributed by atoms with Crippen LogP contribution in [0.5, 0.6) is 0 Å². The Bertz CT molecular complexity index is 462. The van der Waals surface area contributed by atoms with Gasteiger partial charge < -0.3 is 9.64 Å². The molecule has 4 nitrogen and oxygen atoms in total. The molecule has 20 heavy (non-hydrogen) atoms. The number of halogens is 1. The second-order valence-corrected chi connectivity index (χ2v) is 4.80. The minimum Gasteiger partial charge on any atom is -0.469 e. The first kappa shape index (κ1) is 16.5. The van der Waals surface area contributed by atoms with Crippen molar-refractivity contribution in [1.29, 1.82) is 0 Å². The number of hydrogen-bond acceptors (Lipinski definition) is 3. The van der Waals surface area contributed by atoms with Crippen molar-refractivity contribution in [3.63, 3.8) is 0 Å². The first-order valence-electron chi connectivity index (χ1n) is 6.66. The number of methoxy groups -OCH3 is 1. The highest BCUT2D eigenvalue weighted by Gasteiger charge is 2.14. The Morgan fingerprint density at radius 2 is 1.95 bits per heavy atom. The van der Waals surface area contributed by atoms with Crippen LogP contribution in [0.1, 0.15) is 25.3 Å². The van der Waals surface area contributed by atoms with E-state index in [0.29, 0.717) is 31.0 Å². The van der Waals surface area contributed by atoms with Gasteiger partial charge in [-0.3, -0.25) is 9.59 Å². The van der Waals surface area contributed by atoms with Crippen molar-refractivity contribution in [2.24, 2.45) is 0 Å². The number of rotatable bonds is 7. The lowest BCUT2D eigenvalue weighted by atomic mass is 10.1. The van der Waals surface area contributed by atoms with Crippen molar-refractivity contribution in [3.05, 3.63) is 34.9 Å². The summed E-state index contributed by atoms with van der Waals surface area (Å²) in [4.78, 5) is 24.9. The number of nitrogens with zero attached hydrogens (tertiary/aromatic N) is 1. The van der Waals surface area contributed by atoms with Crippen molar-refractivity contribution >= 4 is 23.5 Å². The number of ether oxygens (including phenoxy) is 1. The summed E-state index contributed by atoms with van der Waals surface area (Å²) in [5, 5.41) is 0.679. The molecule has 1 aromatic rings. The maximum Gasteiger partial charge on any atom is 0.307 e. The highest BCUT2D eigenvalue weighted by Crippen LogP contribution is 2.17. The molecule has 0 radical (unpaired) electrons. The van der Waals surface area contributed by atoms with E-state index in [-0.39, 0.29) is 18.3 Å². The molecular formula is C15H20ClNO3. The van der Waals surface area contributed by atoms with Crippen molar-refractivity contribution < 1.29 is 14.3 Å². The summed E-state index contributed by atoms with van der Waals surface area (Å²) < 4.78 is 4.58. The number of carbonyl (C=O) groups excluding carboxylic acids is 2. The molecule has 5 heteroatoms. The van der Waals surface area contributed by atoms with Gasteiger partial charge >= 0.3 is 5.97 Å². The zero-order valence-electron chi connectivity index (χ0n) is 11.9. The molecule has 0 aliphatic carbocycles. The van der Waals surface area contributed by atoms with Gasteiger partial charge in [0, 0.05) is 24.5 Å². The summed E-state index contributed by atoms with van der Waals surface area (Å²) in [7, 11) is 1.35. The summed E-state index contributed by atoms with van der Waals surface area (Å²) in [5.41, 5.74) is 0.964. The molecule has 0 aliphatic rings. The van der Waals surface area contributed by atoms with Crippen LogP contribution in [0, 0.1) is 0 Å². The zero-order chi connectivity index (χ0) is 15.0. The first-order chi connectivity index (χ1) is 9.58. The van der Waals surface area contributed by atoms with Gasteiger partial charge in [0.2, 0.25) is 5.91 Å². The topological polar surface area (TPSA) is 46.6 Å². The van der Waals surface area contributed by atoms with Gasteiger partial charge in [0.1, 0.15) is 0 Å². The Hall–Kier alpha value is -1.55. The summed E-state index contributed by atoms with van der Waals surface area (Å²) in [6, 6.07) is 7.50. The third-order valence-electron chi connectivity index (χ3n) is 3.11. The van der Waals surface area contributed by atoms with Crippen LogP contribution in [0.25, 0.3) is 0 Å². The third kappa shape index (κ3) is 5.21. The molecule has 1 amide bonds. The van der Waals surface area contributed by atoms with Gasteiger partial charge in [0.25, 0.3) is 0 Å². The Morgan fingerprint density at radius 3 is 2.55 bits per heavy atom. The number of carbonyl (C=O) groups is 2. The number of benzene rings is 1. The smallest absolute Gasteiger partial charge is 0.307 e. The van der Waals surface area contributed by atoms with Crippen LogP contribution in [0.2, 0.25) is 5.02 Å². The molecular weight excluding hydrogens is 278 g/mol. The first-order valence-corrected chi connectivity index (χ1v) is 7.04. The normalized spacial score (nSPS) is 10.2. The van der Waals surface area contributed by atoms with Crippen molar-refractivity contribution in [1.82, 2.24) is 4.90 Å². The lowest BCUT2D eigenvalue weighted by Gasteiger charge is -2.20.